The fourth-order valence-corrected chi connectivity index (χ4v) is 1.42. The molecule has 2 rings (SSSR count). The van der Waals surface area contributed by atoms with Gasteiger partial charge >= 0.3 is 0 Å². The van der Waals surface area contributed by atoms with E-state index in [1.807, 2.05) is 0 Å². The van der Waals surface area contributed by atoms with Crippen molar-refractivity contribution in [3.05, 3.63) is 35.4 Å². The molecule has 1 heteroatoms. The molecule has 11 heavy (non-hydrogen) atoms. The molecule has 1 fully saturated rings. The summed E-state index contributed by atoms with van der Waals surface area (Å²) in [4.78, 5) is 0. The van der Waals surface area contributed by atoms with Gasteiger partial charge in [0.2, 0.25) is 0 Å². The minimum Gasteiger partial charge on any atom is -0.365 e. The van der Waals surface area contributed by atoms with Gasteiger partial charge in [0.05, 0.1) is 6.10 Å². The molecule has 1 aromatic rings. The fourth-order valence-electron chi connectivity index (χ4n) is 1.42. The van der Waals surface area contributed by atoms with E-state index in [4.69, 9.17) is 4.74 Å². The van der Waals surface area contributed by atoms with Crippen LogP contribution in [0.3, 0.4) is 0 Å². The van der Waals surface area contributed by atoms with E-state index in [0.29, 0.717) is 12.2 Å². The Balaban J connectivity index is 2.31. The highest BCUT2D eigenvalue weighted by atomic mass is 16.6. The van der Waals surface area contributed by atoms with Gasteiger partial charge in [0.1, 0.15) is 6.10 Å². The zero-order valence-corrected chi connectivity index (χ0v) is 6.87. The van der Waals surface area contributed by atoms with Gasteiger partial charge in [-0.15, -0.1) is 0 Å². The monoisotopic (exact) mass is 148 g/mol. The Bertz CT molecular complexity index is 267. The average Bonchev–Trinajstić information content (AvgIpc) is 2.68. The van der Waals surface area contributed by atoms with E-state index >= 15 is 0 Å². The second-order valence-electron chi connectivity index (χ2n) is 3.12. The lowest BCUT2D eigenvalue weighted by Crippen LogP contribution is -1.86. The maximum absolute atomic E-state index is 5.38. The zero-order chi connectivity index (χ0) is 7.84. The third-order valence-corrected chi connectivity index (χ3v) is 2.21. The Morgan fingerprint density at radius 1 is 1.27 bits per heavy atom. The van der Waals surface area contributed by atoms with Gasteiger partial charge in [-0.25, -0.2) is 0 Å². The maximum atomic E-state index is 5.38. The summed E-state index contributed by atoms with van der Waals surface area (Å²) in [5.41, 5.74) is 2.68. The molecule has 0 bridgehead atoms. The van der Waals surface area contributed by atoms with E-state index in [1.54, 1.807) is 0 Å². The quantitative estimate of drug-likeness (QED) is 0.557. The number of aryl methyl sites for hydroxylation is 1. The molecule has 1 aliphatic rings. The van der Waals surface area contributed by atoms with Gasteiger partial charge in [0, 0.05) is 0 Å². The zero-order valence-electron chi connectivity index (χ0n) is 6.87. The molecule has 0 aliphatic carbocycles. The third-order valence-electron chi connectivity index (χ3n) is 2.21. The van der Waals surface area contributed by atoms with Crippen LogP contribution in [0.5, 0.6) is 0 Å². The first-order valence-corrected chi connectivity index (χ1v) is 4.00. The molecule has 0 amide bonds. The Morgan fingerprint density at radius 3 is 2.45 bits per heavy atom. The molecule has 0 unspecified atom stereocenters. The topological polar surface area (TPSA) is 12.5 Å². The van der Waals surface area contributed by atoms with E-state index in [1.165, 1.54) is 11.1 Å². The summed E-state index contributed by atoms with van der Waals surface area (Å²) < 4.78 is 5.38. The van der Waals surface area contributed by atoms with Crippen molar-refractivity contribution in [3.8, 4) is 0 Å². The summed E-state index contributed by atoms with van der Waals surface area (Å²) in [6, 6.07) is 8.40. The van der Waals surface area contributed by atoms with Crippen molar-refractivity contribution in [1.82, 2.24) is 0 Å². The standard InChI is InChI=1S/C10H12O/c1-7-5-3-4-6-9(7)10-8(2)11-10/h3-6,8,10H,1-2H3/t8-,10+/m1/s1. The second-order valence-corrected chi connectivity index (χ2v) is 3.12. The molecule has 0 radical (unpaired) electrons. The molecule has 1 saturated heterocycles. The molecule has 1 aliphatic heterocycles. The molecule has 2 atom stereocenters. The Hall–Kier alpha value is -0.820. The second kappa shape index (κ2) is 2.35. The molecular weight excluding hydrogens is 136 g/mol. The van der Waals surface area contributed by atoms with Gasteiger partial charge in [0.15, 0.2) is 0 Å². The van der Waals surface area contributed by atoms with Crippen molar-refractivity contribution in [3.63, 3.8) is 0 Å². The minimum atomic E-state index is 0.371. The summed E-state index contributed by atoms with van der Waals surface area (Å²) >= 11 is 0. The number of hydrogen-bond acceptors (Lipinski definition) is 1. The normalized spacial score (nSPS) is 28.5. The van der Waals surface area contributed by atoms with E-state index in [9.17, 15) is 0 Å². The van der Waals surface area contributed by atoms with Crippen LogP contribution in [0.25, 0.3) is 0 Å². The molecule has 1 aromatic carbocycles. The van der Waals surface area contributed by atoms with Gasteiger partial charge in [0.25, 0.3) is 0 Å². The highest BCUT2D eigenvalue weighted by molar-refractivity contribution is 5.30. The van der Waals surface area contributed by atoms with Crippen LogP contribution in [0.1, 0.15) is 24.2 Å². The highest BCUT2D eigenvalue weighted by Gasteiger charge is 2.36. The van der Waals surface area contributed by atoms with Crippen LogP contribution in [0.2, 0.25) is 0 Å². The van der Waals surface area contributed by atoms with Crippen molar-refractivity contribution < 1.29 is 4.74 Å². The summed E-state index contributed by atoms with van der Waals surface area (Å²) in [7, 11) is 0. The van der Waals surface area contributed by atoms with Crippen LogP contribution in [-0.2, 0) is 4.74 Å². The largest absolute Gasteiger partial charge is 0.365 e. The Morgan fingerprint density at radius 2 is 1.91 bits per heavy atom. The van der Waals surface area contributed by atoms with Gasteiger partial charge in [-0.3, -0.25) is 0 Å². The summed E-state index contributed by atoms with van der Waals surface area (Å²) in [6.45, 7) is 4.24. The number of ether oxygens (including phenoxy) is 1. The van der Waals surface area contributed by atoms with Crippen molar-refractivity contribution >= 4 is 0 Å². The predicted molar refractivity (Wildman–Crippen MR) is 44.5 cm³/mol. The van der Waals surface area contributed by atoms with E-state index in [0.717, 1.165) is 0 Å². The van der Waals surface area contributed by atoms with Crippen molar-refractivity contribution in [1.29, 1.82) is 0 Å². The summed E-state index contributed by atoms with van der Waals surface area (Å²) in [5, 5.41) is 0. The summed E-state index contributed by atoms with van der Waals surface area (Å²) in [6.07, 6.45) is 0.798. The number of epoxide rings is 1. The summed E-state index contributed by atoms with van der Waals surface area (Å²) in [5.74, 6) is 0. The van der Waals surface area contributed by atoms with Crippen LogP contribution < -0.4 is 0 Å². The predicted octanol–water partition coefficient (Wildman–Crippen LogP) is 2.45. The van der Waals surface area contributed by atoms with Crippen molar-refractivity contribution in [2.24, 2.45) is 0 Å². The lowest BCUT2D eigenvalue weighted by molar-refractivity contribution is 0.382. The molecule has 0 N–H and O–H groups in total. The number of hydrogen-bond donors (Lipinski definition) is 0. The fraction of sp³-hybridized carbons (Fsp3) is 0.400. The van der Waals surface area contributed by atoms with Gasteiger partial charge in [-0.05, 0) is 25.0 Å². The Kier molecular flexibility index (Phi) is 1.46. The van der Waals surface area contributed by atoms with Crippen molar-refractivity contribution in [2.45, 2.75) is 26.1 Å². The van der Waals surface area contributed by atoms with Gasteiger partial charge in [-0.1, -0.05) is 24.3 Å². The minimum absolute atomic E-state index is 0.371. The average molecular weight is 148 g/mol. The molecule has 0 saturated carbocycles. The van der Waals surface area contributed by atoms with E-state index < -0.39 is 0 Å². The molecule has 0 spiro atoms. The Labute approximate surface area is 67.0 Å². The first kappa shape index (κ1) is 6.86. The van der Waals surface area contributed by atoms with Gasteiger partial charge in [-0.2, -0.15) is 0 Å². The van der Waals surface area contributed by atoms with Crippen LogP contribution >= 0.6 is 0 Å². The van der Waals surface area contributed by atoms with Crippen molar-refractivity contribution in [2.75, 3.05) is 0 Å². The van der Waals surface area contributed by atoms with E-state index in [-0.39, 0.29) is 0 Å². The van der Waals surface area contributed by atoms with Crippen LogP contribution in [0.4, 0.5) is 0 Å². The first-order valence-electron chi connectivity index (χ1n) is 4.00. The molecule has 0 aromatic heterocycles. The maximum Gasteiger partial charge on any atom is 0.109 e. The first-order chi connectivity index (χ1) is 5.29. The number of benzene rings is 1. The molecule has 58 valence electrons. The smallest absolute Gasteiger partial charge is 0.109 e. The SMILES string of the molecule is Cc1ccccc1[C@H]1O[C@@H]1C. The lowest BCUT2D eigenvalue weighted by Gasteiger charge is -1.99. The molecule has 1 heterocycles. The molecular formula is C10H12O. The molecule has 1 nitrogen and oxygen atoms in total. The van der Waals surface area contributed by atoms with Crippen LogP contribution in [0.15, 0.2) is 24.3 Å². The third kappa shape index (κ3) is 1.16. The van der Waals surface area contributed by atoms with Crippen LogP contribution in [0, 0.1) is 6.92 Å². The van der Waals surface area contributed by atoms with Gasteiger partial charge < -0.3 is 4.74 Å². The van der Waals surface area contributed by atoms with E-state index in [2.05, 4.69) is 38.1 Å². The van der Waals surface area contributed by atoms with Crippen LogP contribution in [-0.4, -0.2) is 6.10 Å². The lowest BCUT2D eigenvalue weighted by atomic mass is 10.0. The highest BCUT2D eigenvalue weighted by Crippen LogP contribution is 2.39. The number of rotatable bonds is 1.